The predicted molar refractivity (Wildman–Crippen MR) is 117 cm³/mol. The summed E-state index contributed by atoms with van der Waals surface area (Å²) in [6.07, 6.45) is 6.32. The molecule has 2 saturated heterocycles. The van der Waals surface area contributed by atoms with Crippen LogP contribution in [0.3, 0.4) is 0 Å². The number of carbonyl (C=O) groups is 1. The molecule has 0 spiro atoms. The number of hydrogen-bond donors (Lipinski definition) is 1. The molecular formula is C24H30N4O3. The van der Waals surface area contributed by atoms with Crippen LogP contribution in [0.1, 0.15) is 42.0 Å². The van der Waals surface area contributed by atoms with Crippen molar-refractivity contribution in [2.75, 3.05) is 26.2 Å². The summed E-state index contributed by atoms with van der Waals surface area (Å²) in [5, 5.41) is 9.76. The Kier molecular flexibility index (Phi) is 5.63. The number of aliphatic hydroxyl groups is 1. The SMILES string of the molecule is O=C(CCc1cccnc1)N1C[C@@H]2C[C@H](C1)c1ccc(CN3CC[C@@H](O)C3)c(=O)n1C2. The van der Waals surface area contributed by atoms with Crippen molar-refractivity contribution in [3.8, 4) is 0 Å². The maximum Gasteiger partial charge on any atom is 0.255 e. The van der Waals surface area contributed by atoms with Gasteiger partial charge >= 0.3 is 0 Å². The molecule has 2 aromatic heterocycles. The fraction of sp³-hybridized carbons (Fsp3) is 0.542. The first-order valence-electron chi connectivity index (χ1n) is 11.4. The molecule has 7 nitrogen and oxygen atoms in total. The minimum absolute atomic E-state index is 0.102. The number of aliphatic hydroxyl groups excluding tert-OH is 1. The van der Waals surface area contributed by atoms with Crippen LogP contribution in [0.4, 0.5) is 0 Å². The van der Waals surface area contributed by atoms with Crippen molar-refractivity contribution in [2.24, 2.45) is 5.92 Å². The predicted octanol–water partition coefficient (Wildman–Crippen LogP) is 1.39. The van der Waals surface area contributed by atoms with E-state index in [0.29, 0.717) is 44.9 Å². The maximum atomic E-state index is 13.2. The number of carbonyl (C=O) groups excluding carboxylic acids is 1. The molecule has 1 N–H and O–H groups in total. The van der Waals surface area contributed by atoms with Gasteiger partial charge in [-0.2, -0.15) is 0 Å². The summed E-state index contributed by atoms with van der Waals surface area (Å²) in [5.41, 5.74) is 3.06. The summed E-state index contributed by atoms with van der Waals surface area (Å²) in [4.78, 5) is 34.3. The van der Waals surface area contributed by atoms with Crippen molar-refractivity contribution in [3.63, 3.8) is 0 Å². The highest BCUT2D eigenvalue weighted by atomic mass is 16.3. The zero-order chi connectivity index (χ0) is 21.4. The van der Waals surface area contributed by atoms with Gasteiger partial charge in [-0.1, -0.05) is 12.1 Å². The Labute approximate surface area is 182 Å². The largest absolute Gasteiger partial charge is 0.392 e. The van der Waals surface area contributed by atoms with Gasteiger partial charge in [0.25, 0.3) is 5.56 Å². The van der Waals surface area contributed by atoms with E-state index in [9.17, 15) is 14.7 Å². The average molecular weight is 423 g/mol. The molecule has 1 amide bonds. The number of rotatable bonds is 5. The second kappa shape index (κ2) is 8.55. The molecule has 0 aliphatic carbocycles. The van der Waals surface area contributed by atoms with Crippen LogP contribution in [0.5, 0.6) is 0 Å². The van der Waals surface area contributed by atoms with E-state index in [2.05, 4.69) is 16.0 Å². The highest BCUT2D eigenvalue weighted by Crippen LogP contribution is 2.35. The first-order chi connectivity index (χ1) is 15.1. The molecule has 3 aliphatic rings. The molecule has 7 heteroatoms. The summed E-state index contributed by atoms with van der Waals surface area (Å²) in [6.45, 7) is 4.19. The van der Waals surface area contributed by atoms with E-state index in [-0.39, 0.29) is 23.5 Å². The summed E-state index contributed by atoms with van der Waals surface area (Å²) in [7, 11) is 0. The van der Waals surface area contributed by atoms with E-state index in [0.717, 1.165) is 42.8 Å². The Morgan fingerprint density at radius 2 is 2.06 bits per heavy atom. The number of hydrogen-bond acceptors (Lipinski definition) is 5. The van der Waals surface area contributed by atoms with Gasteiger partial charge in [-0.25, -0.2) is 0 Å². The molecule has 3 aliphatic heterocycles. The van der Waals surface area contributed by atoms with Crippen molar-refractivity contribution in [3.05, 3.63) is 63.8 Å². The van der Waals surface area contributed by atoms with Gasteiger partial charge in [0.2, 0.25) is 5.91 Å². The number of nitrogens with zero attached hydrogens (tertiary/aromatic N) is 4. The number of aryl methyl sites for hydroxylation is 1. The third-order valence-electron chi connectivity index (χ3n) is 7.03. The Balaban J connectivity index is 1.27. The fourth-order valence-electron chi connectivity index (χ4n) is 5.47. The Morgan fingerprint density at radius 1 is 1.16 bits per heavy atom. The molecule has 2 aromatic rings. The molecule has 2 fully saturated rings. The lowest BCUT2D eigenvalue weighted by Crippen LogP contribution is -2.49. The molecule has 0 unspecified atom stereocenters. The molecular weight excluding hydrogens is 392 g/mol. The van der Waals surface area contributed by atoms with E-state index < -0.39 is 0 Å². The molecule has 2 bridgehead atoms. The molecule has 5 rings (SSSR count). The van der Waals surface area contributed by atoms with Crippen molar-refractivity contribution >= 4 is 5.91 Å². The molecule has 164 valence electrons. The van der Waals surface area contributed by atoms with Crippen LogP contribution in [-0.4, -0.2) is 62.6 Å². The number of fused-ring (bicyclic) bond motifs is 4. The van der Waals surface area contributed by atoms with Crippen molar-refractivity contribution < 1.29 is 9.90 Å². The number of pyridine rings is 2. The monoisotopic (exact) mass is 422 g/mol. The topological polar surface area (TPSA) is 78.7 Å². The van der Waals surface area contributed by atoms with Crippen LogP contribution < -0.4 is 5.56 Å². The van der Waals surface area contributed by atoms with Crippen LogP contribution >= 0.6 is 0 Å². The molecule has 31 heavy (non-hydrogen) atoms. The van der Waals surface area contributed by atoms with Crippen LogP contribution in [-0.2, 0) is 24.3 Å². The van der Waals surface area contributed by atoms with Gasteiger partial charge in [0.15, 0.2) is 0 Å². The average Bonchev–Trinajstić information content (AvgIpc) is 3.19. The lowest BCUT2D eigenvalue weighted by Gasteiger charge is -2.43. The number of piperidine rings is 1. The standard InChI is InChI=1S/C24H30N4O3/c29-21-7-9-26(16-21)14-19-4-5-22-20-10-18(13-28(22)24(19)31)12-27(15-20)23(30)6-3-17-2-1-8-25-11-17/h1-2,4-5,8,11,18,20-21,29H,3,6-7,9-10,12-16H2/t18-,20+,21+/m0/s1. The van der Waals surface area contributed by atoms with E-state index in [1.165, 1.54) is 0 Å². The second-order valence-electron chi connectivity index (χ2n) is 9.34. The first-order valence-corrected chi connectivity index (χ1v) is 11.4. The van der Waals surface area contributed by atoms with Gasteiger partial charge < -0.3 is 14.6 Å². The summed E-state index contributed by atoms with van der Waals surface area (Å²) < 4.78 is 1.96. The molecule has 0 aromatic carbocycles. The highest BCUT2D eigenvalue weighted by Gasteiger charge is 2.36. The highest BCUT2D eigenvalue weighted by molar-refractivity contribution is 5.76. The second-order valence-corrected chi connectivity index (χ2v) is 9.34. The van der Waals surface area contributed by atoms with Gasteiger partial charge in [-0.3, -0.25) is 19.5 Å². The van der Waals surface area contributed by atoms with Gasteiger partial charge in [-0.15, -0.1) is 0 Å². The number of aromatic nitrogens is 2. The molecule has 0 radical (unpaired) electrons. The van der Waals surface area contributed by atoms with Crippen molar-refractivity contribution in [2.45, 2.75) is 50.8 Å². The maximum absolute atomic E-state index is 13.2. The quantitative estimate of drug-likeness (QED) is 0.788. The first kappa shape index (κ1) is 20.4. The summed E-state index contributed by atoms with van der Waals surface area (Å²) in [6, 6.07) is 7.96. The lowest BCUT2D eigenvalue weighted by atomic mass is 9.82. The Morgan fingerprint density at radius 3 is 2.84 bits per heavy atom. The number of likely N-dealkylation sites (tertiary alicyclic amines) is 2. The lowest BCUT2D eigenvalue weighted by molar-refractivity contribution is -0.133. The van der Waals surface area contributed by atoms with Gasteiger partial charge in [-0.05, 0) is 42.9 Å². The fourth-order valence-corrected chi connectivity index (χ4v) is 5.47. The zero-order valence-electron chi connectivity index (χ0n) is 17.8. The normalized spacial score (nSPS) is 25.5. The van der Waals surface area contributed by atoms with E-state index in [1.807, 2.05) is 33.9 Å². The summed E-state index contributed by atoms with van der Waals surface area (Å²) in [5.74, 6) is 0.749. The van der Waals surface area contributed by atoms with E-state index in [4.69, 9.17) is 0 Å². The minimum Gasteiger partial charge on any atom is -0.392 e. The third-order valence-corrected chi connectivity index (χ3v) is 7.03. The van der Waals surface area contributed by atoms with Crippen LogP contribution in [0.25, 0.3) is 0 Å². The van der Waals surface area contributed by atoms with Crippen molar-refractivity contribution in [1.29, 1.82) is 0 Å². The van der Waals surface area contributed by atoms with Crippen LogP contribution in [0, 0.1) is 5.92 Å². The zero-order valence-corrected chi connectivity index (χ0v) is 17.8. The van der Waals surface area contributed by atoms with Gasteiger partial charge in [0.1, 0.15) is 0 Å². The molecule has 5 heterocycles. The van der Waals surface area contributed by atoms with Crippen LogP contribution in [0.15, 0.2) is 41.5 Å². The minimum atomic E-state index is -0.276. The summed E-state index contributed by atoms with van der Waals surface area (Å²) >= 11 is 0. The number of β-amino-alcohol motifs (C(OH)–C–C–N with tert-alkyl or cyclic N) is 1. The van der Waals surface area contributed by atoms with Gasteiger partial charge in [0, 0.05) is 75.3 Å². The number of amides is 1. The van der Waals surface area contributed by atoms with Crippen molar-refractivity contribution in [1.82, 2.24) is 19.4 Å². The van der Waals surface area contributed by atoms with Gasteiger partial charge in [0.05, 0.1) is 6.10 Å². The van der Waals surface area contributed by atoms with E-state index in [1.54, 1.807) is 6.20 Å². The molecule has 3 atom stereocenters. The smallest absolute Gasteiger partial charge is 0.255 e. The van der Waals surface area contributed by atoms with E-state index >= 15 is 0 Å². The third kappa shape index (κ3) is 4.29. The Bertz CT molecular complexity index is 1010. The van der Waals surface area contributed by atoms with Crippen LogP contribution in [0.2, 0.25) is 0 Å². The molecule has 0 saturated carbocycles. The Hall–Kier alpha value is -2.51.